The Morgan fingerprint density at radius 2 is 1.91 bits per heavy atom. The van der Waals surface area contributed by atoms with E-state index >= 15 is 0 Å². The van der Waals surface area contributed by atoms with E-state index in [1.165, 1.54) is 15.9 Å². The second-order valence-corrected chi connectivity index (χ2v) is 9.00. The predicted octanol–water partition coefficient (Wildman–Crippen LogP) is 4.67. The first-order valence-corrected chi connectivity index (χ1v) is 11.0. The Labute approximate surface area is 190 Å². The van der Waals surface area contributed by atoms with Crippen LogP contribution in [0.25, 0.3) is 0 Å². The van der Waals surface area contributed by atoms with Gasteiger partial charge in [0.15, 0.2) is 0 Å². The summed E-state index contributed by atoms with van der Waals surface area (Å²) in [7, 11) is 0. The van der Waals surface area contributed by atoms with E-state index in [1.54, 1.807) is 12.3 Å². The minimum absolute atomic E-state index is 0.162. The average molecular weight is 461 g/mol. The lowest BCUT2D eigenvalue weighted by Gasteiger charge is -2.23. The minimum Gasteiger partial charge on any atom is -0.323 e. The van der Waals surface area contributed by atoms with Crippen LogP contribution in [0.4, 0.5) is 29.3 Å². The summed E-state index contributed by atoms with van der Waals surface area (Å²) in [6, 6.07) is 5.11. The number of carbonyl (C=O) groups is 2. The van der Waals surface area contributed by atoms with Gasteiger partial charge in [-0.05, 0) is 49.4 Å². The van der Waals surface area contributed by atoms with Crippen molar-refractivity contribution in [1.82, 2.24) is 14.9 Å². The smallest absolute Gasteiger partial charge is 0.323 e. The minimum atomic E-state index is -4.55. The van der Waals surface area contributed by atoms with Gasteiger partial charge in [0.05, 0.1) is 29.8 Å². The first-order valence-electron chi connectivity index (χ1n) is 11.0. The summed E-state index contributed by atoms with van der Waals surface area (Å²) in [6.45, 7) is 4.14. The number of carbonyl (C=O) groups excluding carboxylic acids is 2. The zero-order valence-corrected chi connectivity index (χ0v) is 18.5. The van der Waals surface area contributed by atoms with Gasteiger partial charge < -0.3 is 10.2 Å². The van der Waals surface area contributed by atoms with E-state index in [1.807, 2.05) is 19.9 Å². The molecular weight excluding hydrogens is 435 g/mol. The summed E-state index contributed by atoms with van der Waals surface area (Å²) in [5, 5.41) is 2.78. The van der Waals surface area contributed by atoms with Gasteiger partial charge in [0.25, 0.3) is 0 Å². The summed E-state index contributed by atoms with van der Waals surface area (Å²) < 4.78 is 38.5. The van der Waals surface area contributed by atoms with Crippen LogP contribution in [0, 0.1) is 5.92 Å². The molecular formula is C23H26F3N5O2. The number of aromatic nitrogens is 2. The van der Waals surface area contributed by atoms with Crippen molar-refractivity contribution in [3.63, 3.8) is 0 Å². The molecule has 0 bridgehead atoms. The second-order valence-electron chi connectivity index (χ2n) is 9.00. The highest BCUT2D eigenvalue weighted by atomic mass is 19.4. The van der Waals surface area contributed by atoms with Gasteiger partial charge in [-0.1, -0.05) is 13.8 Å². The van der Waals surface area contributed by atoms with Crippen LogP contribution in [0.5, 0.6) is 0 Å². The zero-order valence-electron chi connectivity index (χ0n) is 18.5. The van der Waals surface area contributed by atoms with Crippen molar-refractivity contribution in [2.75, 3.05) is 23.3 Å². The molecule has 0 unspecified atom stereocenters. The average Bonchev–Trinajstić information content (AvgIpc) is 3.55. The fraction of sp³-hybridized carbons (Fsp3) is 0.478. The van der Waals surface area contributed by atoms with Crippen LogP contribution in [0.1, 0.15) is 50.4 Å². The number of anilines is 2. The lowest BCUT2D eigenvalue weighted by Crippen LogP contribution is -2.41. The zero-order chi connectivity index (χ0) is 23.8. The van der Waals surface area contributed by atoms with E-state index < -0.39 is 17.9 Å². The van der Waals surface area contributed by atoms with Crippen LogP contribution in [0.15, 0.2) is 36.7 Å². The Bertz CT molecular complexity index is 1000. The van der Waals surface area contributed by atoms with Crippen LogP contribution in [0.2, 0.25) is 0 Å². The molecule has 1 aliphatic heterocycles. The summed E-state index contributed by atoms with van der Waals surface area (Å²) in [6.07, 6.45) is 1.04. The van der Waals surface area contributed by atoms with Gasteiger partial charge >= 0.3 is 12.2 Å². The predicted molar refractivity (Wildman–Crippen MR) is 117 cm³/mol. The SMILES string of the molecule is CC(C)C[C@H]1CN(c2ccc(C(F)(F)F)nc2)C(=O)N1CC(=O)Nc1ccc(C2CC2)nc1. The molecule has 0 aromatic carbocycles. The van der Waals surface area contributed by atoms with Gasteiger partial charge in [0, 0.05) is 18.2 Å². The maximum atomic E-state index is 13.1. The molecule has 3 amide bonds. The second kappa shape index (κ2) is 8.99. The number of nitrogens with zero attached hydrogens (tertiary/aromatic N) is 4. The van der Waals surface area contributed by atoms with Gasteiger partial charge in [-0.3, -0.25) is 14.7 Å². The lowest BCUT2D eigenvalue weighted by molar-refractivity contribution is -0.141. The molecule has 4 rings (SSSR count). The number of pyridine rings is 2. The number of hydrogen-bond donors (Lipinski definition) is 1. The Hall–Kier alpha value is -3.17. The maximum Gasteiger partial charge on any atom is 0.433 e. The quantitative estimate of drug-likeness (QED) is 0.650. The molecule has 7 nitrogen and oxygen atoms in total. The highest BCUT2D eigenvalue weighted by Gasteiger charge is 2.40. The van der Waals surface area contributed by atoms with Crippen molar-refractivity contribution in [2.45, 2.75) is 51.2 Å². The summed E-state index contributed by atoms with van der Waals surface area (Å²) in [5.41, 5.74) is 0.819. The third-order valence-corrected chi connectivity index (χ3v) is 5.78. The molecule has 3 heterocycles. The molecule has 2 aromatic rings. The van der Waals surface area contributed by atoms with Crippen molar-refractivity contribution >= 4 is 23.3 Å². The van der Waals surface area contributed by atoms with E-state index in [2.05, 4.69) is 15.3 Å². The molecule has 10 heteroatoms. The molecule has 2 aromatic heterocycles. The highest BCUT2D eigenvalue weighted by Crippen LogP contribution is 2.39. The van der Waals surface area contributed by atoms with Crippen molar-refractivity contribution in [3.05, 3.63) is 48.0 Å². The maximum absolute atomic E-state index is 13.1. The van der Waals surface area contributed by atoms with Gasteiger partial charge in [0.2, 0.25) is 5.91 Å². The molecule has 2 aliphatic rings. The number of hydrogen-bond acceptors (Lipinski definition) is 4. The molecule has 0 radical (unpaired) electrons. The topological polar surface area (TPSA) is 78.4 Å². The van der Waals surface area contributed by atoms with Crippen LogP contribution < -0.4 is 10.2 Å². The third-order valence-electron chi connectivity index (χ3n) is 5.78. The van der Waals surface area contributed by atoms with Gasteiger partial charge in [-0.2, -0.15) is 13.2 Å². The van der Waals surface area contributed by atoms with Crippen LogP contribution in [-0.2, 0) is 11.0 Å². The highest BCUT2D eigenvalue weighted by molar-refractivity contribution is 5.99. The Morgan fingerprint density at radius 1 is 1.15 bits per heavy atom. The van der Waals surface area contributed by atoms with E-state index in [4.69, 9.17) is 0 Å². The molecule has 176 valence electrons. The van der Waals surface area contributed by atoms with Crippen LogP contribution in [0.3, 0.4) is 0 Å². The van der Waals surface area contributed by atoms with E-state index in [0.29, 0.717) is 18.0 Å². The molecule has 1 saturated carbocycles. The fourth-order valence-corrected chi connectivity index (χ4v) is 4.03. The molecule has 0 spiro atoms. The monoisotopic (exact) mass is 461 g/mol. The fourth-order valence-electron chi connectivity index (χ4n) is 4.03. The van der Waals surface area contributed by atoms with E-state index in [9.17, 15) is 22.8 Å². The normalized spacial score (nSPS) is 18.8. The molecule has 1 saturated heterocycles. The molecule has 1 N–H and O–H groups in total. The molecule has 1 atom stereocenters. The van der Waals surface area contributed by atoms with E-state index in [-0.39, 0.29) is 36.6 Å². The van der Waals surface area contributed by atoms with Gasteiger partial charge in [-0.25, -0.2) is 9.78 Å². The Kier molecular flexibility index (Phi) is 6.27. The third kappa shape index (κ3) is 5.43. The Morgan fingerprint density at radius 3 is 2.45 bits per heavy atom. The van der Waals surface area contributed by atoms with Crippen LogP contribution in [-0.4, -0.2) is 45.9 Å². The van der Waals surface area contributed by atoms with Gasteiger partial charge in [-0.15, -0.1) is 0 Å². The number of alkyl halides is 3. The van der Waals surface area contributed by atoms with Crippen molar-refractivity contribution in [2.24, 2.45) is 5.92 Å². The molecule has 2 fully saturated rings. The number of nitrogens with one attached hydrogen (secondary N) is 1. The largest absolute Gasteiger partial charge is 0.433 e. The number of halogens is 3. The summed E-state index contributed by atoms with van der Waals surface area (Å²) in [5.74, 6) is 0.420. The first-order chi connectivity index (χ1) is 15.6. The molecule has 1 aliphatic carbocycles. The Balaban J connectivity index is 1.45. The van der Waals surface area contributed by atoms with Gasteiger partial charge in [0.1, 0.15) is 12.2 Å². The number of amides is 3. The first kappa shape index (κ1) is 23.0. The van der Waals surface area contributed by atoms with Crippen molar-refractivity contribution in [3.8, 4) is 0 Å². The lowest BCUT2D eigenvalue weighted by atomic mass is 10.0. The summed E-state index contributed by atoms with van der Waals surface area (Å²) in [4.78, 5) is 36.5. The van der Waals surface area contributed by atoms with Crippen molar-refractivity contribution < 1.29 is 22.8 Å². The van der Waals surface area contributed by atoms with E-state index in [0.717, 1.165) is 30.8 Å². The number of rotatable bonds is 7. The number of urea groups is 1. The van der Waals surface area contributed by atoms with Crippen LogP contribution >= 0.6 is 0 Å². The summed E-state index contributed by atoms with van der Waals surface area (Å²) >= 11 is 0. The molecule has 33 heavy (non-hydrogen) atoms. The standard InChI is InChI=1S/C23H26F3N5O2/c1-14(2)9-18-12-30(17-6-8-20(28-11-17)23(24,25)26)22(33)31(18)13-21(32)29-16-5-7-19(27-10-16)15-3-4-15/h5-8,10-11,14-15,18H,3-4,9,12-13H2,1-2H3,(H,29,32)/t18-/m0/s1. The van der Waals surface area contributed by atoms with Crippen molar-refractivity contribution in [1.29, 1.82) is 0 Å².